The Morgan fingerprint density at radius 3 is 2.52 bits per heavy atom. The third-order valence-electron chi connectivity index (χ3n) is 3.87. The van der Waals surface area contributed by atoms with Gasteiger partial charge in [-0.05, 0) is 31.2 Å². The highest BCUT2D eigenvalue weighted by atomic mass is 35.5. The Hall–Kier alpha value is -2.07. The van der Waals surface area contributed by atoms with E-state index in [1.54, 1.807) is 6.92 Å². The molecule has 1 aliphatic rings. The molecule has 27 heavy (non-hydrogen) atoms. The molecule has 1 saturated heterocycles. The average molecular weight is 417 g/mol. The first kappa shape index (κ1) is 19.7. The van der Waals surface area contributed by atoms with E-state index in [4.69, 9.17) is 16.3 Å². The molecule has 0 spiro atoms. The molecule has 2 aromatic carbocycles. The number of carbonyl (C=O) groups excluding carboxylic acids is 1. The van der Waals surface area contributed by atoms with E-state index in [0.29, 0.717) is 0 Å². The number of benzene rings is 2. The van der Waals surface area contributed by atoms with Gasteiger partial charge in [0.2, 0.25) is 10.0 Å². The van der Waals surface area contributed by atoms with E-state index in [1.165, 1.54) is 24.3 Å². The molecule has 0 atom stereocenters. The lowest BCUT2D eigenvalue weighted by Crippen LogP contribution is -2.59. The van der Waals surface area contributed by atoms with Crippen LogP contribution in [0.2, 0.25) is 5.02 Å². The summed E-state index contributed by atoms with van der Waals surface area (Å²) in [7, 11) is -3.87. The Labute approximate surface area is 159 Å². The Kier molecular flexibility index (Phi) is 5.22. The summed E-state index contributed by atoms with van der Waals surface area (Å²) in [5.41, 5.74) is -0.734. The minimum absolute atomic E-state index is 0.0220. The maximum atomic E-state index is 13.4. The van der Waals surface area contributed by atoms with Crippen LogP contribution in [0.5, 0.6) is 0 Å². The molecule has 3 rings (SSSR count). The predicted molar refractivity (Wildman–Crippen MR) is 95.3 cm³/mol. The van der Waals surface area contributed by atoms with Gasteiger partial charge in [0.15, 0.2) is 11.6 Å². The summed E-state index contributed by atoms with van der Waals surface area (Å²) in [6.45, 7) is 2.21. The fourth-order valence-electron chi connectivity index (χ4n) is 2.49. The number of sulfonamides is 1. The molecule has 6 nitrogen and oxygen atoms in total. The average Bonchev–Trinajstić information content (AvgIpc) is 2.58. The summed E-state index contributed by atoms with van der Waals surface area (Å²) in [4.78, 5) is 12.2. The second-order valence-electron chi connectivity index (χ2n) is 6.39. The monoisotopic (exact) mass is 416 g/mol. The Balaban J connectivity index is 1.81. The van der Waals surface area contributed by atoms with Gasteiger partial charge in [0.25, 0.3) is 5.91 Å². The Morgan fingerprint density at radius 1 is 1.22 bits per heavy atom. The molecule has 2 aromatic rings. The number of nitrogens with one attached hydrogen (secondary N) is 2. The summed E-state index contributed by atoms with van der Waals surface area (Å²) >= 11 is 5.55. The van der Waals surface area contributed by atoms with Gasteiger partial charge >= 0.3 is 0 Å². The molecular formula is C17H15ClF2N2O4S. The van der Waals surface area contributed by atoms with E-state index in [0.717, 1.165) is 12.1 Å². The van der Waals surface area contributed by atoms with Crippen LogP contribution in [0.25, 0.3) is 0 Å². The summed E-state index contributed by atoms with van der Waals surface area (Å²) in [5.74, 6) is -3.14. The zero-order chi connectivity index (χ0) is 19.8. The van der Waals surface area contributed by atoms with Gasteiger partial charge in [-0.15, -0.1) is 0 Å². The third-order valence-corrected chi connectivity index (χ3v) is 5.78. The Bertz CT molecular complexity index is 987. The topological polar surface area (TPSA) is 84.5 Å². The zero-order valence-electron chi connectivity index (χ0n) is 14.1. The highest BCUT2D eigenvalue weighted by Crippen LogP contribution is 2.24. The van der Waals surface area contributed by atoms with Gasteiger partial charge in [-0.3, -0.25) is 4.79 Å². The second-order valence-corrected chi connectivity index (χ2v) is 8.48. The van der Waals surface area contributed by atoms with E-state index < -0.39 is 38.1 Å². The van der Waals surface area contributed by atoms with Crippen LogP contribution in [0, 0.1) is 11.6 Å². The van der Waals surface area contributed by atoms with Crippen molar-refractivity contribution in [1.82, 2.24) is 4.72 Å². The quantitative estimate of drug-likeness (QED) is 0.734. The van der Waals surface area contributed by atoms with Crippen molar-refractivity contribution < 1.29 is 26.7 Å². The molecule has 0 aliphatic carbocycles. The number of carbonyl (C=O) groups is 1. The third kappa shape index (κ3) is 4.27. The molecule has 1 fully saturated rings. The number of ether oxygens (including phenoxy) is 1. The number of anilines is 1. The normalized spacial score (nSPS) is 15.9. The highest BCUT2D eigenvalue weighted by Gasteiger charge is 2.37. The van der Waals surface area contributed by atoms with Crippen molar-refractivity contribution in [3.05, 3.63) is 58.6 Å². The lowest BCUT2D eigenvalue weighted by molar-refractivity contribution is -0.0523. The first-order valence-electron chi connectivity index (χ1n) is 7.77. The number of rotatable bonds is 5. The fourth-order valence-corrected chi connectivity index (χ4v) is 4.12. The predicted octanol–water partition coefficient (Wildman–Crippen LogP) is 2.94. The van der Waals surface area contributed by atoms with Crippen LogP contribution in [-0.4, -0.2) is 33.1 Å². The second kappa shape index (κ2) is 7.16. The van der Waals surface area contributed by atoms with Gasteiger partial charge in [-0.2, -0.15) is 0 Å². The molecule has 1 aliphatic heterocycles. The van der Waals surface area contributed by atoms with Crippen molar-refractivity contribution in [2.75, 3.05) is 18.5 Å². The van der Waals surface area contributed by atoms with E-state index in [1.807, 2.05) is 0 Å². The molecule has 0 saturated carbocycles. The maximum Gasteiger partial charge on any atom is 0.255 e. The summed E-state index contributed by atoms with van der Waals surface area (Å²) < 4.78 is 59.2. The Morgan fingerprint density at radius 2 is 1.93 bits per heavy atom. The summed E-state index contributed by atoms with van der Waals surface area (Å²) in [5, 5.41) is 1.87. The van der Waals surface area contributed by atoms with Crippen molar-refractivity contribution in [2.45, 2.75) is 17.4 Å². The van der Waals surface area contributed by atoms with E-state index >= 15 is 0 Å². The van der Waals surface area contributed by atoms with Crippen molar-refractivity contribution >= 4 is 33.2 Å². The van der Waals surface area contributed by atoms with Gasteiger partial charge in [-0.1, -0.05) is 17.7 Å². The van der Waals surface area contributed by atoms with Crippen LogP contribution in [-0.2, 0) is 14.8 Å². The smallest absolute Gasteiger partial charge is 0.255 e. The molecule has 10 heteroatoms. The zero-order valence-corrected chi connectivity index (χ0v) is 15.6. The van der Waals surface area contributed by atoms with E-state index in [2.05, 4.69) is 10.0 Å². The molecule has 144 valence electrons. The first-order valence-corrected chi connectivity index (χ1v) is 9.63. The molecule has 2 N–H and O–H groups in total. The standard InChI is InChI=1S/C17H15ClF2N2O4S/c1-17(8-26-9-17)22-27(24,25)12-4-2-3-10(5-12)16(23)21-11-6-13(18)15(20)14(19)7-11/h2-7,22H,8-9H2,1H3,(H,21,23). The van der Waals surface area contributed by atoms with Crippen molar-refractivity contribution in [3.63, 3.8) is 0 Å². The number of hydrogen-bond donors (Lipinski definition) is 2. The first-order chi connectivity index (χ1) is 12.6. The minimum Gasteiger partial charge on any atom is -0.377 e. The molecule has 0 aromatic heterocycles. The highest BCUT2D eigenvalue weighted by molar-refractivity contribution is 7.89. The van der Waals surface area contributed by atoms with E-state index in [9.17, 15) is 22.0 Å². The van der Waals surface area contributed by atoms with Crippen LogP contribution in [0.15, 0.2) is 41.3 Å². The molecule has 1 heterocycles. The van der Waals surface area contributed by atoms with Crippen molar-refractivity contribution in [1.29, 1.82) is 0 Å². The van der Waals surface area contributed by atoms with Crippen LogP contribution in [0.4, 0.5) is 14.5 Å². The number of hydrogen-bond acceptors (Lipinski definition) is 4. The van der Waals surface area contributed by atoms with Gasteiger partial charge in [0.05, 0.1) is 28.7 Å². The lowest BCUT2D eigenvalue weighted by atomic mass is 10.0. The molecule has 1 amide bonds. The van der Waals surface area contributed by atoms with Gasteiger partial charge in [0, 0.05) is 17.3 Å². The van der Waals surface area contributed by atoms with Gasteiger partial charge in [-0.25, -0.2) is 21.9 Å². The minimum atomic E-state index is -3.87. The molecule has 0 bridgehead atoms. The van der Waals surface area contributed by atoms with Crippen LogP contribution in [0.1, 0.15) is 17.3 Å². The van der Waals surface area contributed by atoms with Crippen LogP contribution < -0.4 is 10.0 Å². The summed E-state index contributed by atoms with van der Waals surface area (Å²) in [6, 6.07) is 7.15. The van der Waals surface area contributed by atoms with E-state index in [-0.39, 0.29) is 29.4 Å². The number of amides is 1. The molecular weight excluding hydrogens is 402 g/mol. The van der Waals surface area contributed by atoms with Crippen LogP contribution in [0.3, 0.4) is 0 Å². The largest absolute Gasteiger partial charge is 0.377 e. The number of halogens is 3. The van der Waals surface area contributed by atoms with Gasteiger partial charge in [0.1, 0.15) is 0 Å². The SMILES string of the molecule is CC1(NS(=O)(=O)c2cccc(C(=O)Nc3cc(F)c(F)c(Cl)c3)c2)COC1. The van der Waals surface area contributed by atoms with Gasteiger partial charge < -0.3 is 10.1 Å². The van der Waals surface area contributed by atoms with Crippen molar-refractivity contribution in [3.8, 4) is 0 Å². The summed E-state index contributed by atoms with van der Waals surface area (Å²) in [6.07, 6.45) is 0. The van der Waals surface area contributed by atoms with Crippen molar-refractivity contribution in [2.24, 2.45) is 0 Å². The van der Waals surface area contributed by atoms with Crippen LogP contribution >= 0.6 is 11.6 Å². The fraction of sp³-hybridized carbons (Fsp3) is 0.235. The lowest BCUT2D eigenvalue weighted by Gasteiger charge is -2.38. The maximum absolute atomic E-state index is 13.4. The molecule has 0 unspecified atom stereocenters. The molecule has 0 radical (unpaired) electrons.